The van der Waals surface area contributed by atoms with Crippen molar-refractivity contribution >= 4 is 0 Å². The largest absolute Gasteiger partial charge is 0.358 e. The van der Waals surface area contributed by atoms with Crippen molar-refractivity contribution in [3.63, 3.8) is 0 Å². The van der Waals surface area contributed by atoms with Crippen LogP contribution < -0.4 is 4.57 Å². The van der Waals surface area contributed by atoms with Crippen LogP contribution in [0.1, 0.15) is 32.6 Å². The Morgan fingerprint density at radius 3 is 2.77 bits per heavy atom. The smallest absolute Gasteiger partial charge is 0.245 e. The molecule has 13 heavy (non-hydrogen) atoms. The average molecular weight is 183 g/mol. The molecule has 3 nitrogen and oxygen atoms in total. The van der Waals surface area contributed by atoms with Gasteiger partial charge in [-0.05, 0) is 12.8 Å². The highest BCUT2D eigenvalue weighted by Crippen LogP contribution is 2.00. The van der Waals surface area contributed by atoms with E-state index in [1.54, 1.807) is 4.57 Å². The lowest BCUT2D eigenvalue weighted by molar-refractivity contribution is -0.729. The Kier molecular flexibility index (Phi) is 4.54. The van der Waals surface area contributed by atoms with Crippen LogP contribution in [0.4, 0.5) is 0 Å². The van der Waals surface area contributed by atoms with E-state index in [2.05, 4.69) is 11.5 Å². The minimum Gasteiger partial charge on any atom is -0.358 e. The van der Waals surface area contributed by atoms with Gasteiger partial charge in [0.15, 0.2) is 6.73 Å². The van der Waals surface area contributed by atoms with Gasteiger partial charge >= 0.3 is 0 Å². The van der Waals surface area contributed by atoms with Crippen LogP contribution in [0.5, 0.6) is 0 Å². The molecule has 0 aliphatic heterocycles. The molecule has 1 aromatic rings. The van der Waals surface area contributed by atoms with Crippen molar-refractivity contribution in [2.45, 2.75) is 45.9 Å². The monoisotopic (exact) mass is 183 g/mol. The van der Waals surface area contributed by atoms with Gasteiger partial charge in [0.25, 0.3) is 0 Å². The Hall–Kier alpha value is -0.830. The summed E-state index contributed by atoms with van der Waals surface area (Å²) in [6, 6.07) is 0. The third-order valence-corrected chi connectivity index (χ3v) is 2.18. The summed E-state index contributed by atoms with van der Waals surface area (Å²) in [5.41, 5.74) is 0. The first kappa shape index (κ1) is 10.3. The van der Waals surface area contributed by atoms with Crippen molar-refractivity contribution in [3.8, 4) is 0 Å². The van der Waals surface area contributed by atoms with Gasteiger partial charge in [-0.1, -0.05) is 19.8 Å². The van der Waals surface area contributed by atoms with Gasteiger partial charge < -0.3 is 5.11 Å². The lowest BCUT2D eigenvalue weighted by Crippen LogP contribution is -2.30. The number of aliphatic hydroxyl groups excluding tert-OH is 1. The molecular formula is C10H19N2O+. The van der Waals surface area contributed by atoms with E-state index < -0.39 is 0 Å². The Labute approximate surface area is 79.6 Å². The molecule has 3 heteroatoms. The number of aliphatic hydroxyl groups is 1. The fourth-order valence-electron chi connectivity index (χ4n) is 1.38. The number of aryl methyl sites for hydroxylation is 1. The predicted molar refractivity (Wildman–Crippen MR) is 51.0 cm³/mol. The second-order valence-corrected chi connectivity index (χ2v) is 3.37. The number of aromatic nitrogens is 2. The summed E-state index contributed by atoms with van der Waals surface area (Å²) in [5.74, 6) is 0. The highest BCUT2D eigenvalue weighted by Gasteiger charge is 2.00. The second-order valence-electron chi connectivity index (χ2n) is 3.37. The normalized spacial score (nSPS) is 10.6. The van der Waals surface area contributed by atoms with Crippen LogP contribution >= 0.6 is 0 Å². The number of rotatable bonds is 6. The topological polar surface area (TPSA) is 29.0 Å². The number of hydrogen-bond donors (Lipinski definition) is 1. The molecular weight excluding hydrogens is 164 g/mol. The Bertz CT molecular complexity index is 233. The third kappa shape index (κ3) is 3.59. The molecule has 74 valence electrons. The number of hydrogen-bond acceptors (Lipinski definition) is 1. The van der Waals surface area contributed by atoms with E-state index in [0.717, 1.165) is 6.54 Å². The first-order valence-electron chi connectivity index (χ1n) is 5.02. The second kappa shape index (κ2) is 5.75. The summed E-state index contributed by atoms with van der Waals surface area (Å²) in [6.07, 6.45) is 11.0. The fraction of sp³-hybridized carbons (Fsp3) is 0.700. The molecule has 0 unspecified atom stereocenters. The highest BCUT2D eigenvalue weighted by molar-refractivity contribution is 4.65. The van der Waals surface area contributed by atoms with Crippen LogP contribution in [0.25, 0.3) is 0 Å². The van der Waals surface area contributed by atoms with Crippen molar-refractivity contribution in [1.29, 1.82) is 0 Å². The zero-order valence-electron chi connectivity index (χ0n) is 8.32. The van der Waals surface area contributed by atoms with E-state index in [9.17, 15) is 0 Å². The quantitative estimate of drug-likeness (QED) is 0.523. The molecule has 0 atom stereocenters. The molecule has 0 fully saturated rings. The lowest BCUT2D eigenvalue weighted by atomic mass is 10.2. The van der Waals surface area contributed by atoms with Crippen LogP contribution in [-0.4, -0.2) is 9.67 Å². The highest BCUT2D eigenvalue weighted by atomic mass is 16.3. The lowest BCUT2D eigenvalue weighted by Gasteiger charge is -1.95. The van der Waals surface area contributed by atoms with E-state index in [1.165, 1.54) is 25.7 Å². The maximum atomic E-state index is 8.81. The molecule has 0 bridgehead atoms. The summed E-state index contributed by atoms with van der Waals surface area (Å²) in [7, 11) is 0. The zero-order chi connectivity index (χ0) is 9.52. The predicted octanol–water partition coefficient (Wildman–Crippen LogP) is 1.31. The summed E-state index contributed by atoms with van der Waals surface area (Å²) in [4.78, 5) is 0. The molecule has 0 saturated carbocycles. The Balaban J connectivity index is 2.20. The van der Waals surface area contributed by atoms with Crippen molar-refractivity contribution < 1.29 is 9.67 Å². The minimum atomic E-state index is 0.0714. The van der Waals surface area contributed by atoms with Crippen LogP contribution in [0.2, 0.25) is 0 Å². The van der Waals surface area contributed by atoms with Crippen molar-refractivity contribution in [2.75, 3.05) is 0 Å². The number of nitrogens with zero attached hydrogens (tertiary/aromatic N) is 2. The molecule has 0 amide bonds. The van der Waals surface area contributed by atoms with Gasteiger partial charge in [-0.2, -0.15) is 0 Å². The first-order valence-corrected chi connectivity index (χ1v) is 5.02. The van der Waals surface area contributed by atoms with Gasteiger partial charge in [-0.15, -0.1) is 0 Å². The van der Waals surface area contributed by atoms with E-state index in [1.807, 2.05) is 18.7 Å². The molecule has 0 radical (unpaired) electrons. The standard InChI is InChI=1S/C10H19N2O/c1-2-3-4-5-6-11-7-8-12(9-11)10-13/h7-9,13H,2-6,10H2,1H3/q+1. The maximum Gasteiger partial charge on any atom is 0.245 e. The average Bonchev–Trinajstić information content (AvgIpc) is 2.60. The van der Waals surface area contributed by atoms with Gasteiger partial charge in [0.2, 0.25) is 6.33 Å². The summed E-state index contributed by atoms with van der Waals surface area (Å²) in [5, 5.41) is 8.81. The van der Waals surface area contributed by atoms with Crippen LogP contribution in [-0.2, 0) is 13.3 Å². The zero-order valence-corrected chi connectivity index (χ0v) is 8.32. The van der Waals surface area contributed by atoms with E-state index >= 15 is 0 Å². The molecule has 1 aromatic heterocycles. The first-order chi connectivity index (χ1) is 6.36. The molecule has 0 saturated heterocycles. The van der Waals surface area contributed by atoms with Crippen molar-refractivity contribution in [1.82, 2.24) is 4.57 Å². The molecule has 1 heterocycles. The fourth-order valence-corrected chi connectivity index (χ4v) is 1.38. The number of imidazole rings is 1. The van der Waals surface area contributed by atoms with Crippen LogP contribution in [0.15, 0.2) is 18.7 Å². The van der Waals surface area contributed by atoms with Gasteiger partial charge in [0.1, 0.15) is 12.4 Å². The SMILES string of the molecule is CCCCCCn1cc[n+](CO)c1. The van der Waals surface area contributed by atoms with Gasteiger partial charge in [-0.3, -0.25) is 0 Å². The number of unbranched alkanes of at least 4 members (excludes halogenated alkanes) is 3. The molecule has 0 aromatic carbocycles. The molecule has 0 aliphatic carbocycles. The minimum absolute atomic E-state index is 0.0714. The Morgan fingerprint density at radius 2 is 2.15 bits per heavy atom. The molecule has 0 spiro atoms. The van der Waals surface area contributed by atoms with E-state index in [0.29, 0.717) is 0 Å². The van der Waals surface area contributed by atoms with Crippen LogP contribution in [0, 0.1) is 0 Å². The summed E-state index contributed by atoms with van der Waals surface area (Å²) >= 11 is 0. The molecule has 1 N–H and O–H groups in total. The van der Waals surface area contributed by atoms with Gasteiger partial charge in [0, 0.05) is 0 Å². The van der Waals surface area contributed by atoms with Gasteiger partial charge in [0.05, 0.1) is 6.54 Å². The third-order valence-electron chi connectivity index (χ3n) is 2.18. The van der Waals surface area contributed by atoms with E-state index in [4.69, 9.17) is 5.11 Å². The summed E-state index contributed by atoms with van der Waals surface area (Å²) < 4.78 is 3.88. The maximum absolute atomic E-state index is 8.81. The van der Waals surface area contributed by atoms with Crippen molar-refractivity contribution in [3.05, 3.63) is 18.7 Å². The summed E-state index contributed by atoms with van der Waals surface area (Å²) in [6.45, 7) is 3.35. The van der Waals surface area contributed by atoms with Crippen LogP contribution in [0.3, 0.4) is 0 Å². The Morgan fingerprint density at radius 1 is 1.31 bits per heavy atom. The van der Waals surface area contributed by atoms with Crippen molar-refractivity contribution in [2.24, 2.45) is 0 Å². The van der Waals surface area contributed by atoms with E-state index in [-0.39, 0.29) is 6.73 Å². The van der Waals surface area contributed by atoms with Gasteiger partial charge in [-0.25, -0.2) is 9.13 Å². The molecule has 1 rings (SSSR count). The molecule has 0 aliphatic rings.